The largest absolute Gasteiger partial charge is 0.356 e. The van der Waals surface area contributed by atoms with E-state index < -0.39 is 17.4 Å². The molecule has 1 N–H and O–H groups in total. The van der Waals surface area contributed by atoms with Crippen LogP contribution in [0.3, 0.4) is 0 Å². The molecule has 2 rings (SSSR count). The molecule has 0 amide bonds. The lowest BCUT2D eigenvalue weighted by atomic mass is 9.75. The second-order valence-electron chi connectivity index (χ2n) is 7.36. The molecule has 24 heavy (non-hydrogen) atoms. The smallest absolute Gasteiger partial charge is 0.216 e. The molecule has 0 bridgehead atoms. The monoisotopic (exact) mass is 446 g/mol. The molecule has 1 aromatic rings. The fourth-order valence-electron chi connectivity index (χ4n) is 2.93. The van der Waals surface area contributed by atoms with E-state index in [4.69, 9.17) is 4.74 Å². The number of nitrogens with zero attached hydrogens (tertiary/aromatic N) is 2. The summed E-state index contributed by atoms with van der Waals surface area (Å²) >= 11 is 2.11. The van der Waals surface area contributed by atoms with Crippen LogP contribution in [0.1, 0.15) is 39.2 Å². The Morgan fingerprint density at radius 2 is 2.04 bits per heavy atom. The van der Waals surface area contributed by atoms with Gasteiger partial charge in [-0.15, -0.1) is 0 Å². The van der Waals surface area contributed by atoms with E-state index in [0.717, 1.165) is 3.57 Å². The average Bonchev–Trinajstić information content (AvgIpc) is 2.50. The SMILES string of the molecule is CC(C)(C)OC(O)N1CCC(C#N)(Cc2c(F)cccc2I)CC1. The molecule has 1 heterocycles. The van der Waals surface area contributed by atoms with Crippen molar-refractivity contribution < 1.29 is 14.2 Å². The predicted octanol–water partition coefficient (Wildman–Crippen LogP) is 3.67. The van der Waals surface area contributed by atoms with Crippen molar-refractivity contribution in [2.45, 2.75) is 52.0 Å². The standard InChI is InChI=1S/C18H24FIN2O2/c1-17(2,3)24-16(23)22-9-7-18(12-21,8-10-22)11-13-14(19)5-4-6-15(13)20/h4-6,16,23H,7-11H2,1-3H3. The highest BCUT2D eigenvalue weighted by Crippen LogP contribution is 2.37. The third kappa shape index (κ3) is 4.88. The van der Waals surface area contributed by atoms with Crippen molar-refractivity contribution in [3.05, 3.63) is 33.1 Å². The van der Waals surface area contributed by atoms with Gasteiger partial charge in [0.15, 0.2) is 0 Å². The second kappa shape index (κ2) is 7.65. The summed E-state index contributed by atoms with van der Waals surface area (Å²) in [5.41, 5.74) is -0.424. The van der Waals surface area contributed by atoms with Gasteiger partial charge in [-0.05, 0) is 74.8 Å². The molecule has 0 spiro atoms. The zero-order chi connectivity index (χ0) is 18.0. The summed E-state index contributed by atoms with van der Waals surface area (Å²) in [4.78, 5) is 1.83. The zero-order valence-corrected chi connectivity index (χ0v) is 16.5. The van der Waals surface area contributed by atoms with Crippen molar-refractivity contribution in [3.8, 4) is 6.07 Å². The third-order valence-electron chi connectivity index (χ3n) is 4.34. The number of hydrogen-bond acceptors (Lipinski definition) is 4. The highest BCUT2D eigenvalue weighted by molar-refractivity contribution is 14.1. The van der Waals surface area contributed by atoms with Gasteiger partial charge in [-0.1, -0.05) is 6.07 Å². The van der Waals surface area contributed by atoms with Gasteiger partial charge in [-0.2, -0.15) is 5.26 Å². The van der Waals surface area contributed by atoms with Crippen molar-refractivity contribution in [2.75, 3.05) is 13.1 Å². The van der Waals surface area contributed by atoms with Crippen LogP contribution >= 0.6 is 22.6 Å². The molecule has 1 atom stereocenters. The molecule has 1 aromatic carbocycles. The maximum absolute atomic E-state index is 14.1. The Bertz CT molecular complexity index is 596. The number of nitriles is 1. The van der Waals surface area contributed by atoms with Crippen LogP contribution in [0.2, 0.25) is 0 Å². The van der Waals surface area contributed by atoms with E-state index in [0.29, 0.717) is 37.9 Å². The van der Waals surface area contributed by atoms with E-state index in [2.05, 4.69) is 28.7 Å². The van der Waals surface area contributed by atoms with Crippen LogP contribution in [0.5, 0.6) is 0 Å². The number of ether oxygens (including phenoxy) is 1. The highest BCUT2D eigenvalue weighted by atomic mass is 127. The minimum Gasteiger partial charge on any atom is -0.356 e. The van der Waals surface area contributed by atoms with Crippen LogP contribution in [0.4, 0.5) is 4.39 Å². The zero-order valence-electron chi connectivity index (χ0n) is 14.4. The molecule has 4 nitrogen and oxygen atoms in total. The lowest BCUT2D eigenvalue weighted by molar-refractivity contribution is -0.244. The molecule has 0 saturated carbocycles. The Kier molecular flexibility index (Phi) is 6.24. The van der Waals surface area contributed by atoms with E-state index in [9.17, 15) is 14.8 Å². The van der Waals surface area contributed by atoms with Gasteiger partial charge in [0.1, 0.15) is 5.82 Å². The quantitative estimate of drug-likeness (QED) is 0.567. The molecule has 1 saturated heterocycles. The highest BCUT2D eigenvalue weighted by Gasteiger charge is 2.38. The van der Waals surface area contributed by atoms with Crippen molar-refractivity contribution in [1.82, 2.24) is 4.90 Å². The van der Waals surface area contributed by atoms with Gasteiger partial charge in [0.2, 0.25) is 6.41 Å². The summed E-state index contributed by atoms with van der Waals surface area (Å²) in [5.74, 6) is -0.255. The van der Waals surface area contributed by atoms with E-state index in [1.807, 2.05) is 31.7 Å². The Labute approximate surface area is 156 Å². The molecule has 1 aliphatic heterocycles. The van der Waals surface area contributed by atoms with Crippen LogP contribution in [0.25, 0.3) is 0 Å². The summed E-state index contributed by atoms with van der Waals surface area (Å²) in [7, 11) is 0. The van der Waals surface area contributed by atoms with E-state index in [1.165, 1.54) is 6.07 Å². The first-order valence-electron chi connectivity index (χ1n) is 8.10. The minimum absolute atomic E-state index is 0.255. The number of aliphatic hydroxyl groups is 1. The van der Waals surface area contributed by atoms with Gasteiger partial charge in [0, 0.05) is 22.2 Å². The topological polar surface area (TPSA) is 56.5 Å². The van der Waals surface area contributed by atoms with Gasteiger partial charge in [0.05, 0.1) is 17.1 Å². The Morgan fingerprint density at radius 3 is 2.54 bits per heavy atom. The normalized spacial score (nSPS) is 19.7. The van der Waals surface area contributed by atoms with Crippen molar-refractivity contribution >= 4 is 22.6 Å². The minimum atomic E-state index is -0.977. The summed E-state index contributed by atoms with van der Waals surface area (Å²) in [6.45, 7) is 6.77. The number of likely N-dealkylation sites (tertiary alicyclic amines) is 1. The van der Waals surface area contributed by atoms with Crippen LogP contribution in [-0.2, 0) is 11.2 Å². The van der Waals surface area contributed by atoms with Gasteiger partial charge in [-0.25, -0.2) is 4.39 Å². The summed E-state index contributed by atoms with van der Waals surface area (Å²) in [6, 6.07) is 7.40. The molecule has 1 fully saturated rings. The van der Waals surface area contributed by atoms with Gasteiger partial charge < -0.3 is 9.84 Å². The maximum atomic E-state index is 14.1. The number of halogens is 2. The second-order valence-corrected chi connectivity index (χ2v) is 8.52. The van der Waals surface area contributed by atoms with Crippen molar-refractivity contribution in [3.63, 3.8) is 0 Å². The molecule has 0 aromatic heterocycles. The third-order valence-corrected chi connectivity index (χ3v) is 5.35. The van der Waals surface area contributed by atoms with Gasteiger partial charge in [-0.3, -0.25) is 4.90 Å². The Balaban J connectivity index is 2.06. The molecular formula is C18H24FIN2O2. The number of aliphatic hydroxyl groups excluding tert-OH is 1. The number of piperidine rings is 1. The number of rotatable bonds is 4. The van der Waals surface area contributed by atoms with Crippen LogP contribution in [0.15, 0.2) is 18.2 Å². The van der Waals surface area contributed by atoms with Crippen LogP contribution < -0.4 is 0 Å². The first-order chi connectivity index (χ1) is 11.2. The first kappa shape index (κ1) is 19.6. The van der Waals surface area contributed by atoms with Gasteiger partial charge >= 0.3 is 0 Å². The fourth-order valence-corrected chi connectivity index (χ4v) is 3.59. The molecule has 0 aliphatic carbocycles. The Hall–Kier alpha value is -0.750. The molecule has 6 heteroatoms. The molecule has 132 valence electrons. The van der Waals surface area contributed by atoms with Gasteiger partial charge in [0.25, 0.3) is 0 Å². The van der Waals surface area contributed by atoms with E-state index in [1.54, 1.807) is 6.07 Å². The number of hydrogen-bond donors (Lipinski definition) is 1. The molecule has 1 aliphatic rings. The first-order valence-corrected chi connectivity index (χ1v) is 9.18. The van der Waals surface area contributed by atoms with E-state index in [-0.39, 0.29) is 5.82 Å². The van der Waals surface area contributed by atoms with E-state index >= 15 is 0 Å². The Morgan fingerprint density at radius 1 is 1.42 bits per heavy atom. The lowest BCUT2D eigenvalue weighted by Crippen LogP contribution is -2.48. The average molecular weight is 446 g/mol. The fraction of sp³-hybridized carbons (Fsp3) is 0.611. The lowest BCUT2D eigenvalue weighted by Gasteiger charge is -2.40. The molecular weight excluding hydrogens is 422 g/mol. The van der Waals surface area contributed by atoms with Crippen molar-refractivity contribution in [2.24, 2.45) is 5.41 Å². The van der Waals surface area contributed by atoms with Crippen LogP contribution in [0, 0.1) is 26.1 Å². The molecule has 1 unspecified atom stereocenters. The molecule has 0 radical (unpaired) electrons. The summed E-state index contributed by atoms with van der Waals surface area (Å²) in [6.07, 6.45) is 0.588. The number of benzene rings is 1. The maximum Gasteiger partial charge on any atom is 0.216 e. The summed E-state index contributed by atoms with van der Waals surface area (Å²) < 4.78 is 20.5. The predicted molar refractivity (Wildman–Crippen MR) is 98.5 cm³/mol. The van der Waals surface area contributed by atoms with Crippen LogP contribution in [-0.4, -0.2) is 35.1 Å². The summed E-state index contributed by atoms with van der Waals surface area (Å²) in [5, 5.41) is 19.9. The van der Waals surface area contributed by atoms with Crippen molar-refractivity contribution in [1.29, 1.82) is 5.26 Å².